The van der Waals surface area contributed by atoms with Gasteiger partial charge in [-0.1, -0.05) is 28.1 Å². The highest BCUT2D eigenvalue weighted by atomic mass is 79.9. The van der Waals surface area contributed by atoms with Crippen LogP contribution in [-0.4, -0.2) is 25.9 Å². The third-order valence-corrected chi connectivity index (χ3v) is 6.05. The van der Waals surface area contributed by atoms with Crippen molar-refractivity contribution in [2.75, 3.05) is 19.1 Å². The standard InChI is InChI=1S/C23H22BrNO4/c1-28-16-9-10-17(21(12-16)29-2)18-13-22(27)25(15-6-3-5-14(24)11-15)19-7-4-8-20(26)23(18)19/h3,5-6,9-12,18H,4,7-8,13H2,1-2H3. The van der Waals surface area contributed by atoms with E-state index in [9.17, 15) is 9.59 Å². The highest BCUT2D eigenvalue weighted by molar-refractivity contribution is 9.10. The van der Waals surface area contributed by atoms with E-state index in [2.05, 4.69) is 15.9 Å². The van der Waals surface area contributed by atoms with Crippen LogP contribution < -0.4 is 14.4 Å². The van der Waals surface area contributed by atoms with Gasteiger partial charge in [-0.2, -0.15) is 0 Å². The van der Waals surface area contributed by atoms with E-state index in [1.54, 1.807) is 25.2 Å². The number of benzene rings is 2. The van der Waals surface area contributed by atoms with Crippen LogP contribution in [0.15, 0.2) is 58.2 Å². The van der Waals surface area contributed by atoms with Gasteiger partial charge in [0.1, 0.15) is 11.5 Å². The van der Waals surface area contributed by atoms with E-state index < -0.39 is 0 Å². The molecule has 1 aliphatic heterocycles. The number of ketones is 1. The van der Waals surface area contributed by atoms with Gasteiger partial charge in [0, 0.05) is 51.8 Å². The maximum absolute atomic E-state index is 13.3. The van der Waals surface area contributed by atoms with E-state index in [1.807, 2.05) is 36.4 Å². The second-order valence-electron chi connectivity index (χ2n) is 7.21. The lowest BCUT2D eigenvalue weighted by Crippen LogP contribution is -2.40. The first kappa shape index (κ1) is 19.7. The highest BCUT2D eigenvalue weighted by Gasteiger charge is 2.40. The Morgan fingerprint density at radius 3 is 2.59 bits per heavy atom. The molecule has 1 aliphatic carbocycles. The van der Waals surface area contributed by atoms with Crippen molar-refractivity contribution in [3.63, 3.8) is 0 Å². The lowest BCUT2D eigenvalue weighted by Gasteiger charge is -2.38. The minimum Gasteiger partial charge on any atom is -0.497 e. The quantitative estimate of drug-likeness (QED) is 0.651. The average Bonchev–Trinajstić information content (AvgIpc) is 2.72. The Bertz CT molecular complexity index is 1010. The summed E-state index contributed by atoms with van der Waals surface area (Å²) in [4.78, 5) is 28.0. The summed E-state index contributed by atoms with van der Waals surface area (Å²) in [7, 11) is 3.19. The molecule has 0 saturated carbocycles. The molecule has 0 fully saturated rings. The number of allylic oxidation sites excluding steroid dienone is 2. The zero-order valence-corrected chi connectivity index (χ0v) is 18.0. The summed E-state index contributed by atoms with van der Waals surface area (Å²) in [5.74, 6) is 1.09. The third kappa shape index (κ3) is 3.57. The van der Waals surface area contributed by atoms with Gasteiger partial charge in [0.2, 0.25) is 5.91 Å². The van der Waals surface area contributed by atoms with Crippen molar-refractivity contribution < 1.29 is 19.1 Å². The van der Waals surface area contributed by atoms with Crippen molar-refractivity contribution >= 4 is 33.3 Å². The summed E-state index contributed by atoms with van der Waals surface area (Å²) in [6.45, 7) is 0. The van der Waals surface area contributed by atoms with Crippen LogP contribution >= 0.6 is 15.9 Å². The fraction of sp³-hybridized carbons (Fsp3) is 0.304. The molecule has 0 aromatic heterocycles. The van der Waals surface area contributed by atoms with Gasteiger partial charge in [0.25, 0.3) is 0 Å². The Labute approximate surface area is 178 Å². The molecule has 0 bridgehead atoms. The number of hydrogen-bond acceptors (Lipinski definition) is 4. The molecular weight excluding hydrogens is 434 g/mol. The summed E-state index contributed by atoms with van der Waals surface area (Å²) in [6, 6.07) is 13.2. The molecule has 150 valence electrons. The summed E-state index contributed by atoms with van der Waals surface area (Å²) in [5.41, 5.74) is 3.18. The van der Waals surface area contributed by atoms with Crippen LogP contribution in [0, 0.1) is 0 Å². The fourth-order valence-electron chi connectivity index (χ4n) is 4.28. The number of carbonyl (C=O) groups excluding carboxylic acids is 2. The van der Waals surface area contributed by atoms with Gasteiger partial charge in [0.15, 0.2) is 5.78 Å². The smallest absolute Gasteiger partial charge is 0.232 e. The number of amides is 1. The van der Waals surface area contributed by atoms with E-state index in [-0.39, 0.29) is 24.0 Å². The molecule has 0 spiro atoms. The van der Waals surface area contributed by atoms with Crippen molar-refractivity contribution in [2.24, 2.45) is 0 Å². The van der Waals surface area contributed by atoms with Crippen molar-refractivity contribution in [3.8, 4) is 11.5 Å². The van der Waals surface area contributed by atoms with E-state index in [1.165, 1.54) is 0 Å². The number of methoxy groups -OCH3 is 2. The third-order valence-electron chi connectivity index (χ3n) is 5.56. The minimum absolute atomic E-state index is 0.0144. The largest absolute Gasteiger partial charge is 0.497 e. The van der Waals surface area contributed by atoms with E-state index in [4.69, 9.17) is 9.47 Å². The first-order chi connectivity index (χ1) is 14.0. The average molecular weight is 456 g/mol. The Morgan fingerprint density at radius 2 is 1.86 bits per heavy atom. The van der Waals surface area contributed by atoms with Gasteiger partial charge < -0.3 is 9.47 Å². The molecule has 1 amide bonds. The summed E-state index contributed by atoms with van der Waals surface area (Å²) in [6.07, 6.45) is 2.18. The predicted octanol–water partition coefficient (Wildman–Crippen LogP) is 4.99. The predicted molar refractivity (Wildman–Crippen MR) is 114 cm³/mol. The van der Waals surface area contributed by atoms with Gasteiger partial charge in [-0.15, -0.1) is 0 Å². The summed E-state index contributed by atoms with van der Waals surface area (Å²) in [5, 5.41) is 0. The SMILES string of the molecule is COc1ccc(C2CC(=O)N(c3cccc(Br)c3)C3=C2C(=O)CCC3)c(OC)c1. The van der Waals surface area contributed by atoms with Crippen LogP contribution in [0.1, 0.15) is 37.2 Å². The van der Waals surface area contributed by atoms with Gasteiger partial charge in [-0.3, -0.25) is 14.5 Å². The number of rotatable bonds is 4. The molecule has 2 aromatic rings. The zero-order valence-electron chi connectivity index (χ0n) is 16.4. The minimum atomic E-state index is -0.311. The molecular formula is C23H22BrNO4. The van der Waals surface area contributed by atoms with Crippen molar-refractivity contribution in [3.05, 3.63) is 63.8 Å². The molecule has 2 aromatic carbocycles. The summed E-state index contributed by atoms with van der Waals surface area (Å²) < 4.78 is 11.8. The Balaban J connectivity index is 1.87. The second-order valence-corrected chi connectivity index (χ2v) is 8.13. The number of ether oxygens (including phenoxy) is 2. The molecule has 1 unspecified atom stereocenters. The van der Waals surface area contributed by atoms with Gasteiger partial charge in [0.05, 0.1) is 14.2 Å². The monoisotopic (exact) mass is 455 g/mol. The van der Waals surface area contributed by atoms with Crippen LogP contribution in [0.25, 0.3) is 0 Å². The zero-order chi connectivity index (χ0) is 20.5. The number of Topliss-reactive ketones (excluding diaryl/α,β-unsaturated/α-hetero) is 1. The van der Waals surface area contributed by atoms with Crippen molar-refractivity contribution in [1.82, 2.24) is 0 Å². The Kier molecular flexibility index (Phi) is 5.46. The fourth-order valence-corrected chi connectivity index (χ4v) is 4.67. The lowest BCUT2D eigenvalue weighted by atomic mass is 9.77. The van der Waals surface area contributed by atoms with Gasteiger partial charge in [-0.25, -0.2) is 0 Å². The van der Waals surface area contributed by atoms with Crippen LogP contribution in [-0.2, 0) is 9.59 Å². The van der Waals surface area contributed by atoms with E-state index in [0.29, 0.717) is 24.3 Å². The van der Waals surface area contributed by atoms with E-state index in [0.717, 1.165) is 33.4 Å². The van der Waals surface area contributed by atoms with Gasteiger partial charge >= 0.3 is 0 Å². The van der Waals surface area contributed by atoms with Crippen LogP contribution in [0.4, 0.5) is 5.69 Å². The molecule has 1 atom stereocenters. The highest BCUT2D eigenvalue weighted by Crippen LogP contribution is 2.46. The number of halogens is 1. The lowest BCUT2D eigenvalue weighted by molar-refractivity contribution is -0.119. The maximum atomic E-state index is 13.3. The molecule has 0 radical (unpaired) electrons. The van der Waals surface area contributed by atoms with Crippen LogP contribution in [0.5, 0.6) is 11.5 Å². The van der Waals surface area contributed by atoms with Crippen molar-refractivity contribution in [2.45, 2.75) is 31.6 Å². The van der Waals surface area contributed by atoms with Crippen LogP contribution in [0.2, 0.25) is 0 Å². The number of nitrogens with zero attached hydrogens (tertiary/aromatic N) is 1. The molecule has 0 N–H and O–H groups in total. The first-order valence-electron chi connectivity index (χ1n) is 9.60. The van der Waals surface area contributed by atoms with E-state index >= 15 is 0 Å². The second kappa shape index (κ2) is 8.03. The van der Waals surface area contributed by atoms with Crippen molar-refractivity contribution in [1.29, 1.82) is 0 Å². The topological polar surface area (TPSA) is 55.8 Å². The Hall–Kier alpha value is -2.60. The maximum Gasteiger partial charge on any atom is 0.232 e. The molecule has 0 saturated heterocycles. The number of carbonyl (C=O) groups is 2. The molecule has 5 nitrogen and oxygen atoms in total. The molecule has 2 aliphatic rings. The van der Waals surface area contributed by atoms with Crippen LogP contribution in [0.3, 0.4) is 0 Å². The summed E-state index contributed by atoms with van der Waals surface area (Å²) >= 11 is 3.48. The Morgan fingerprint density at radius 1 is 1.03 bits per heavy atom. The number of hydrogen-bond donors (Lipinski definition) is 0. The number of anilines is 1. The molecule has 6 heteroatoms. The molecule has 29 heavy (non-hydrogen) atoms. The molecule has 4 rings (SSSR count). The van der Waals surface area contributed by atoms with Gasteiger partial charge in [-0.05, 0) is 37.1 Å². The first-order valence-corrected chi connectivity index (χ1v) is 10.4. The normalized spacial score (nSPS) is 19.3. The molecule has 1 heterocycles.